The third kappa shape index (κ3) is 11.6. The molecule has 0 aromatic heterocycles. The number of carbonyl (C=O) groups excluding carboxylic acids is 3. The number of fused-ring (bicyclic) bond motifs is 2. The van der Waals surface area contributed by atoms with E-state index in [2.05, 4.69) is 11.9 Å². The number of benzene rings is 4. The van der Waals surface area contributed by atoms with Crippen molar-refractivity contribution < 1.29 is 43.2 Å². The molecule has 1 saturated heterocycles. The summed E-state index contributed by atoms with van der Waals surface area (Å²) >= 11 is 12.2. The Morgan fingerprint density at radius 2 is 1.63 bits per heavy atom. The van der Waals surface area contributed by atoms with Gasteiger partial charge in [-0.05, 0) is 128 Å². The second kappa shape index (κ2) is 20.6. The monoisotopic (exact) mass is 950 g/mol. The maximum Gasteiger partial charge on any atom is 0.410 e. The van der Waals surface area contributed by atoms with Crippen LogP contribution in [0.3, 0.4) is 0 Å². The Morgan fingerprint density at radius 3 is 2.28 bits per heavy atom. The molecule has 4 aromatic rings. The van der Waals surface area contributed by atoms with Crippen molar-refractivity contribution in [2.24, 2.45) is 5.73 Å². The Bertz CT molecular complexity index is 2600. The molecule has 3 amide bonds. The minimum Gasteiger partial charge on any atom is -0.489 e. The molecule has 4 aromatic carbocycles. The fraction of sp³-hybridized carbons (Fsp3) is 0.346. The van der Waals surface area contributed by atoms with Gasteiger partial charge in [-0.1, -0.05) is 84.4 Å². The van der Waals surface area contributed by atoms with Crippen LogP contribution in [0.4, 0.5) is 4.79 Å². The molecule has 352 valence electrons. The Balaban J connectivity index is 1.11. The Morgan fingerprint density at radius 1 is 0.925 bits per heavy atom. The number of carboxylic acid groups (broad SMARTS) is 1. The number of hydrogen-bond acceptors (Lipinski definition) is 9. The fourth-order valence-electron chi connectivity index (χ4n) is 8.40. The normalized spacial score (nSPS) is 18.9. The van der Waals surface area contributed by atoms with Crippen molar-refractivity contribution in [2.45, 2.75) is 103 Å². The quantitative estimate of drug-likeness (QED) is 0.110. The van der Waals surface area contributed by atoms with Crippen LogP contribution in [0, 0.1) is 0 Å². The number of nitrogens with two attached hydrogens (primary N) is 1. The van der Waals surface area contributed by atoms with Crippen molar-refractivity contribution in [1.82, 2.24) is 15.1 Å². The number of likely N-dealkylation sites (tertiary alicyclic amines) is 1. The average Bonchev–Trinajstić information content (AvgIpc) is 3.80. The molecular formula is C52H56Cl2N4O9. The van der Waals surface area contributed by atoms with Gasteiger partial charge in [-0.25, -0.2) is 9.59 Å². The maximum atomic E-state index is 14.7. The van der Waals surface area contributed by atoms with E-state index < -0.39 is 53.7 Å². The number of amides is 3. The number of carboxylic acids is 1. The van der Waals surface area contributed by atoms with E-state index in [-0.39, 0.29) is 26.0 Å². The highest BCUT2D eigenvalue weighted by Gasteiger charge is 2.44. The van der Waals surface area contributed by atoms with Crippen molar-refractivity contribution in [3.05, 3.63) is 152 Å². The highest BCUT2D eigenvalue weighted by Crippen LogP contribution is 2.41. The minimum absolute atomic E-state index is 0.00696. The molecule has 3 aliphatic rings. The van der Waals surface area contributed by atoms with Crippen molar-refractivity contribution in [1.29, 1.82) is 0 Å². The van der Waals surface area contributed by atoms with E-state index in [4.69, 9.17) is 47.9 Å². The lowest BCUT2D eigenvalue weighted by Crippen LogP contribution is -2.59. The van der Waals surface area contributed by atoms with Gasteiger partial charge in [0.1, 0.15) is 42.7 Å². The van der Waals surface area contributed by atoms with E-state index in [0.29, 0.717) is 64.5 Å². The van der Waals surface area contributed by atoms with Gasteiger partial charge in [0, 0.05) is 31.6 Å². The van der Waals surface area contributed by atoms with Crippen molar-refractivity contribution in [3.63, 3.8) is 0 Å². The Labute approximate surface area is 401 Å². The van der Waals surface area contributed by atoms with Crippen LogP contribution in [-0.2, 0) is 45.1 Å². The predicted octanol–water partition coefficient (Wildman–Crippen LogP) is 9.37. The summed E-state index contributed by atoms with van der Waals surface area (Å²) in [6, 6.07) is 20.5. The summed E-state index contributed by atoms with van der Waals surface area (Å²) in [6.07, 6.45) is 3.43. The third-order valence-electron chi connectivity index (χ3n) is 12.0. The van der Waals surface area contributed by atoms with Crippen LogP contribution in [0.15, 0.2) is 109 Å². The zero-order valence-electron chi connectivity index (χ0n) is 38.3. The summed E-state index contributed by atoms with van der Waals surface area (Å²) in [5.74, 6) is -0.714. The van der Waals surface area contributed by atoms with Crippen LogP contribution in [0.2, 0.25) is 10.0 Å². The first-order valence-corrected chi connectivity index (χ1v) is 22.9. The number of ether oxygens (including phenoxy) is 4. The molecule has 13 nitrogen and oxygen atoms in total. The number of aliphatic carboxylic acids is 1. The number of hydrogen-bond donors (Lipinski definition) is 3. The molecule has 0 saturated carbocycles. The summed E-state index contributed by atoms with van der Waals surface area (Å²) in [5.41, 5.74) is 12.5. The maximum absolute atomic E-state index is 14.7. The van der Waals surface area contributed by atoms with Gasteiger partial charge in [-0.15, -0.1) is 0 Å². The van der Waals surface area contributed by atoms with E-state index in [0.717, 1.165) is 39.0 Å². The highest BCUT2D eigenvalue weighted by atomic mass is 35.5. The van der Waals surface area contributed by atoms with Crippen LogP contribution >= 0.6 is 23.2 Å². The van der Waals surface area contributed by atoms with Crippen LogP contribution in [0.5, 0.6) is 17.2 Å². The number of rotatable bonds is 13. The van der Waals surface area contributed by atoms with Gasteiger partial charge < -0.3 is 40.0 Å². The van der Waals surface area contributed by atoms with E-state index in [1.807, 2.05) is 86.7 Å². The second-order valence-electron chi connectivity index (χ2n) is 18.0. The number of halogens is 2. The summed E-state index contributed by atoms with van der Waals surface area (Å²) in [5, 5.41) is 14.1. The number of nitrogens with zero attached hydrogens (tertiary/aromatic N) is 2. The minimum atomic E-state index is -1.32. The molecule has 15 heteroatoms. The molecule has 4 N–H and O–H groups in total. The Hall–Kier alpha value is -6.44. The van der Waals surface area contributed by atoms with E-state index in [1.54, 1.807) is 39.0 Å². The lowest BCUT2D eigenvalue weighted by atomic mass is 9.91. The first kappa shape index (κ1) is 48.5. The van der Waals surface area contributed by atoms with Gasteiger partial charge in [-0.2, -0.15) is 0 Å². The van der Waals surface area contributed by atoms with Gasteiger partial charge in [-0.3, -0.25) is 14.5 Å². The molecular weight excluding hydrogens is 895 g/mol. The summed E-state index contributed by atoms with van der Waals surface area (Å²) < 4.78 is 24.4. The van der Waals surface area contributed by atoms with Gasteiger partial charge in [0.2, 0.25) is 11.8 Å². The van der Waals surface area contributed by atoms with Gasteiger partial charge >= 0.3 is 12.1 Å². The zero-order chi connectivity index (χ0) is 48.2. The smallest absolute Gasteiger partial charge is 0.410 e. The first-order chi connectivity index (χ1) is 31.9. The SMILES string of the molecule is C=C/C=C(\C(C)=C(\C)N)c1ccc(C[C@H](NC(=O)C2Cc3cc4c(cc3CN2C(=O)[C@H]2CCCN2C(=O)OC(C)(C)C)O[C@@H](c2ccc(OCc3ccc(Cl)c(Cl)c3)cc2)CO4)C(=O)O)cc1. The van der Waals surface area contributed by atoms with Crippen LogP contribution in [-0.4, -0.2) is 75.7 Å². The largest absolute Gasteiger partial charge is 0.489 e. The molecule has 0 aliphatic carbocycles. The Kier molecular flexibility index (Phi) is 14.9. The van der Waals surface area contributed by atoms with E-state index in [9.17, 15) is 24.3 Å². The average molecular weight is 952 g/mol. The van der Waals surface area contributed by atoms with Crippen molar-refractivity contribution >= 4 is 52.7 Å². The predicted molar refractivity (Wildman–Crippen MR) is 257 cm³/mol. The molecule has 0 bridgehead atoms. The van der Waals surface area contributed by atoms with Crippen molar-refractivity contribution in [3.8, 4) is 17.2 Å². The lowest BCUT2D eigenvalue weighted by Gasteiger charge is -2.40. The molecule has 4 atom stereocenters. The lowest BCUT2D eigenvalue weighted by molar-refractivity contribution is -0.147. The molecule has 3 aliphatic heterocycles. The molecule has 67 heavy (non-hydrogen) atoms. The first-order valence-electron chi connectivity index (χ1n) is 22.2. The molecule has 3 heterocycles. The van der Waals surface area contributed by atoms with Crippen LogP contribution < -0.4 is 25.3 Å². The van der Waals surface area contributed by atoms with Crippen LogP contribution in [0.25, 0.3) is 5.57 Å². The van der Waals surface area contributed by atoms with Crippen LogP contribution in [0.1, 0.15) is 86.9 Å². The molecule has 7 rings (SSSR count). The summed E-state index contributed by atoms with van der Waals surface area (Å²) in [6.45, 7) is 13.6. The highest BCUT2D eigenvalue weighted by molar-refractivity contribution is 6.42. The number of nitrogens with one attached hydrogen (secondary N) is 1. The number of carbonyl (C=O) groups is 4. The molecule has 0 spiro atoms. The summed E-state index contributed by atoms with van der Waals surface area (Å²) in [7, 11) is 0. The fourth-order valence-corrected chi connectivity index (χ4v) is 8.72. The van der Waals surface area contributed by atoms with E-state index >= 15 is 0 Å². The molecule has 1 unspecified atom stereocenters. The van der Waals surface area contributed by atoms with Crippen molar-refractivity contribution in [2.75, 3.05) is 13.2 Å². The number of allylic oxidation sites excluding steroid dienone is 5. The molecule has 1 fully saturated rings. The zero-order valence-corrected chi connectivity index (χ0v) is 39.8. The van der Waals surface area contributed by atoms with Gasteiger partial charge in [0.15, 0.2) is 17.6 Å². The standard InChI is InChI=1S/C52H56Cl2N4O9/c1-7-9-39(30(2)31(3)55)34-14-11-32(12-15-34)23-42(50(61)62)56-48(59)44-24-36-25-45-46(26-37(36)27-58(44)49(60)43-10-8-21-57(43)51(63)67-52(4,5)6)66-47(29-65-45)35-16-18-38(19-17-35)64-28-33-13-20-40(53)41(54)22-33/h7,9,11-20,22,25-26,42-44,47H,1,8,10,21,23-24,27-29,55H2,2-6H3,(H,56,59)(H,61,62)/b31-30-,39-9+/t42-,43+,44?,47+/m0/s1. The molecule has 0 radical (unpaired) electrons. The topological polar surface area (TPSA) is 170 Å². The second-order valence-corrected chi connectivity index (χ2v) is 18.8. The summed E-state index contributed by atoms with van der Waals surface area (Å²) in [4.78, 5) is 58.2. The van der Waals surface area contributed by atoms with E-state index in [1.165, 1.54) is 9.80 Å². The third-order valence-corrected chi connectivity index (χ3v) is 12.8. The van der Waals surface area contributed by atoms with Gasteiger partial charge in [0.05, 0.1) is 10.0 Å². The van der Waals surface area contributed by atoms with Gasteiger partial charge in [0.25, 0.3) is 0 Å².